The van der Waals surface area contributed by atoms with Crippen molar-refractivity contribution in [3.8, 4) is 0 Å². The number of hydrogen-bond donors (Lipinski definition) is 3. The Kier molecular flexibility index (Phi) is 6.72. The van der Waals surface area contributed by atoms with Gasteiger partial charge in [0.15, 0.2) is 0 Å². The number of aliphatic hydroxyl groups is 1. The van der Waals surface area contributed by atoms with E-state index in [4.69, 9.17) is 4.74 Å². The van der Waals surface area contributed by atoms with Gasteiger partial charge in [-0.15, -0.1) is 0 Å². The van der Waals surface area contributed by atoms with Crippen LogP contribution in [0.5, 0.6) is 0 Å². The van der Waals surface area contributed by atoms with Gasteiger partial charge in [0, 0.05) is 7.11 Å². The number of methoxy groups -OCH3 is 1. The first-order chi connectivity index (χ1) is 12.2. The number of benzene rings is 1. The maximum absolute atomic E-state index is 13.7. The maximum Gasteiger partial charge on any atom is 0.245 e. The van der Waals surface area contributed by atoms with E-state index in [0.29, 0.717) is 6.42 Å². The van der Waals surface area contributed by atoms with Gasteiger partial charge < -0.3 is 20.5 Å². The Hall–Kier alpha value is -1.99. The van der Waals surface area contributed by atoms with Crippen molar-refractivity contribution >= 4 is 11.8 Å². The molecule has 1 saturated carbocycles. The quantitative estimate of drug-likeness (QED) is 0.708. The predicted molar refractivity (Wildman–Crippen MR) is 94.9 cm³/mol. The number of hydrogen-bond acceptors (Lipinski definition) is 4. The SMILES string of the molecule is CO[C@@H]1CCC[C@@H](NC(=O)C(C)(C)NC(=O)Cc2ccccc2F)[C@H]1O. The van der Waals surface area contributed by atoms with E-state index in [-0.39, 0.29) is 18.1 Å². The first-order valence-corrected chi connectivity index (χ1v) is 8.81. The number of nitrogens with one attached hydrogen (secondary N) is 2. The number of ether oxygens (including phenoxy) is 1. The molecule has 0 radical (unpaired) electrons. The molecule has 0 bridgehead atoms. The third-order valence-electron chi connectivity index (χ3n) is 4.74. The summed E-state index contributed by atoms with van der Waals surface area (Å²) < 4.78 is 18.9. The first-order valence-electron chi connectivity index (χ1n) is 8.81. The average Bonchev–Trinajstić information content (AvgIpc) is 2.58. The van der Waals surface area contributed by atoms with Crippen molar-refractivity contribution in [3.63, 3.8) is 0 Å². The highest BCUT2D eigenvalue weighted by Gasteiger charge is 2.37. The largest absolute Gasteiger partial charge is 0.388 e. The molecular formula is C19H27FN2O4. The van der Waals surface area contributed by atoms with Gasteiger partial charge >= 0.3 is 0 Å². The van der Waals surface area contributed by atoms with Crippen LogP contribution >= 0.6 is 0 Å². The molecule has 1 aromatic carbocycles. The normalized spacial score (nSPS) is 23.3. The van der Waals surface area contributed by atoms with Crippen molar-refractivity contribution in [2.75, 3.05) is 7.11 Å². The molecule has 0 saturated heterocycles. The molecule has 1 fully saturated rings. The smallest absolute Gasteiger partial charge is 0.245 e. The van der Waals surface area contributed by atoms with Crippen molar-refractivity contribution in [2.24, 2.45) is 0 Å². The molecule has 1 aliphatic rings. The number of aliphatic hydroxyl groups excluding tert-OH is 1. The Bertz CT molecular complexity index is 650. The van der Waals surface area contributed by atoms with E-state index < -0.39 is 35.3 Å². The molecule has 0 aliphatic heterocycles. The first kappa shape index (κ1) is 20.3. The summed E-state index contributed by atoms with van der Waals surface area (Å²) in [6, 6.07) is 5.60. The third-order valence-corrected chi connectivity index (χ3v) is 4.74. The lowest BCUT2D eigenvalue weighted by Gasteiger charge is -2.36. The molecule has 0 aromatic heterocycles. The minimum atomic E-state index is -1.19. The van der Waals surface area contributed by atoms with Crippen LogP contribution in [0.2, 0.25) is 0 Å². The van der Waals surface area contributed by atoms with Crippen molar-refractivity contribution in [3.05, 3.63) is 35.6 Å². The number of amides is 2. The highest BCUT2D eigenvalue weighted by Crippen LogP contribution is 2.22. The van der Waals surface area contributed by atoms with Crippen LogP contribution in [-0.2, 0) is 20.7 Å². The van der Waals surface area contributed by atoms with Gasteiger partial charge in [0.1, 0.15) is 17.5 Å². The standard InChI is InChI=1S/C19H27FN2O4/c1-19(2,22-16(23)11-12-7-4-5-8-13(12)20)18(25)21-14-9-6-10-15(26-3)17(14)24/h4-5,7-8,14-15,17,24H,6,9-11H2,1-3H3,(H,21,25)(H,22,23)/t14-,15-,17-/m1/s1. The van der Waals surface area contributed by atoms with Crippen molar-refractivity contribution in [1.29, 1.82) is 0 Å². The van der Waals surface area contributed by atoms with Crippen LogP contribution in [-0.4, -0.2) is 47.8 Å². The molecule has 144 valence electrons. The second-order valence-corrected chi connectivity index (χ2v) is 7.22. The molecule has 0 heterocycles. The van der Waals surface area contributed by atoms with Gasteiger partial charge in [-0.2, -0.15) is 0 Å². The van der Waals surface area contributed by atoms with Gasteiger partial charge in [0.2, 0.25) is 11.8 Å². The van der Waals surface area contributed by atoms with Crippen LogP contribution in [0.3, 0.4) is 0 Å². The Morgan fingerprint density at radius 1 is 1.31 bits per heavy atom. The zero-order valence-electron chi connectivity index (χ0n) is 15.4. The molecule has 0 unspecified atom stereocenters. The fourth-order valence-corrected chi connectivity index (χ4v) is 3.17. The maximum atomic E-state index is 13.7. The van der Waals surface area contributed by atoms with Gasteiger partial charge in [0.25, 0.3) is 0 Å². The summed E-state index contributed by atoms with van der Waals surface area (Å²) in [7, 11) is 1.53. The fraction of sp³-hybridized carbons (Fsp3) is 0.579. The molecule has 6 nitrogen and oxygen atoms in total. The van der Waals surface area contributed by atoms with E-state index >= 15 is 0 Å². The summed E-state index contributed by atoms with van der Waals surface area (Å²) in [4.78, 5) is 24.8. The van der Waals surface area contributed by atoms with Gasteiger partial charge in [-0.1, -0.05) is 18.2 Å². The lowest BCUT2D eigenvalue weighted by atomic mass is 9.89. The second-order valence-electron chi connectivity index (χ2n) is 7.22. The lowest BCUT2D eigenvalue weighted by Crippen LogP contribution is -2.60. The van der Waals surface area contributed by atoms with Gasteiger partial charge in [-0.05, 0) is 44.7 Å². The highest BCUT2D eigenvalue weighted by atomic mass is 19.1. The van der Waals surface area contributed by atoms with Crippen molar-refractivity contribution in [1.82, 2.24) is 10.6 Å². The van der Waals surface area contributed by atoms with Gasteiger partial charge in [-0.25, -0.2) is 4.39 Å². The van der Waals surface area contributed by atoms with E-state index in [1.165, 1.54) is 19.2 Å². The fourth-order valence-electron chi connectivity index (χ4n) is 3.17. The number of rotatable bonds is 6. The second kappa shape index (κ2) is 8.60. The third kappa shape index (κ3) is 5.02. The van der Waals surface area contributed by atoms with E-state index in [9.17, 15) is 19.1 Å². The Morgan fingerprint density at radius 2 is 2.00 bits per heavy atom. The molecule has 0 spiro atoms. The molecule has 3 atom stereocenters. The number of carbonyl (C=O) groups excluding carboxylic acids is 2. The molecular weight excluding hydrogens is 339 g/mol. The average molecular weight is 366 g/mol. The van der Waals surface area contributed by atoms with Crippen molar-refractivity contribution in [2.45, 2.75) is 63.3 Å². The van der Waals surface area contributed by atoms with Crippen LogP contribution in [0.15, 0.2) is 24.3 Å². The van der Waals surface area contributed by atoms with E-state index in [0.717, 1.165) is 12.8 Å². The molecule has 3 N–H and O–H groups in total. The van der Waals surface area contributed by atoms with Crippen LogP contribution < -0.4 is 10.6 Å². The Morgan fingerprint density at radius 3 is 2.65 bits per heavy atom. The zero-order chi connectivity index (χ0) is 19.3. The summed E-state index contributed by atoms with van der Waals surface area (Å²) in [6.07, 6.45) is 0.969. The van der Waals surface area contributed by atoms with Crippen LogP contribution in [0.1, 0.15) is 38.7 Å². The van der Waals surface area contributed by atoms with E-state index in [2.05, 4.69) is 10.6 Å². The minimum absolute atomic E-state index is 0.152. The highest BCUT2D eigenvalue weighted by molar-refractivity contribution is 5.91. The predicted octanol–water partition coefficient (Wildman–Crippen LogP) is 1.31. The summed E-state index contributed by atoms with van der Waals surface area (Å²) >= 11 is 0. The summed E-state index contributed by atoms with van der Waals surface area (Å²) in [5, 5.41) is 15.7. The molecule has 2 rings (SSSR count). The van der Waals surface area contributed by atoms with Crippen LogP contribution in [0.4, 0.5) is 4.39 Å². The topological polar surface area (TPSA) is 87.7 Å². The summed E-state index contributed by atoms with van der Waals surface area (Å²) in [6.45, 7) is 3.15. The zero-order valence-corrected chi connectivity index (χ0v) is 15.4. The van der Waals surface area contributed by atoms with Crippen molar-refractivity contribution < 1.29 is 23.8 Å². The number of carbonyl (C=O) groups is 2. The molecule has 1 aromatic rings. The summed E-state index contributed by atoms with van der Waals surface area (Å²) in [5.41, 5.74) is -0.922. The molecule has 2 amide bonds. The van der Waals surface area contributed by atoms with Crippen LogP contribution in [0, 0.1) is 5.82 Å². The Balaban J connectivity index is 1.94. The molecule has 26 heavy (non-hydrogen) atoms. The Labute approximate surface area is 153 Å². The minimum Gasteiger partial charge on any atom is -0.388 e. The molecule has 1 aliphatic carbocycles. The monoisotopic (exact) mass is 366 g/mol. The molecule has 7 heteroatoms. The van der Waals surface area contributed by atoms with Gasteiger partial charge in [0.05, 0.1) is 18.6 Å². The lowest BCUT2D eigenvalue weighted by molar-refractivity contribution is -0.134. The van der Waals surface area contributed by atoms with Gasteiger partial charge in [-0.3, -0.25) is 9.59 Å². The van der Waals surface area contributed by atoms with E-state index in [1.807, 2.05) is 0 Å². The summed E-state index contributed by atoms with van der Waals surface area (Å²) in [5.74, 6) is -1.31. The van der Waals surface area contributed by atoms with E-state index in [1.54, 1.807) is 26.0 Å². The number of halogens is 1. The van der Waals surface area contributed by atoms with Crippen LogP contribution in [0.25, 0.3) is 0 Å².